The van der Waals surface area contributed by atoms with Gasteiger partial charge in [0.2, 0.25) is 0 Å². The summed E-state index contributed by atoms with van der Waals surface area (Å²) in [6.45, 7) is 13.4. The van der Waals surface area contributed by atoms with Crippen molar-refractivity contribution in [2.45, 2.75) is 64.0 Å². The molecule has 4 unspecified atom stereocenters. The Morgan fingerprint density at radius 2 is 1.90 bits per heavy atom. The predicted octanol–water partition coefficient (Wildman–Crippen LogP) is 0.860. The van der Waals surface area contributed by atoms with Gasteiger partial charge in [-0.2, -0.15) is 0 Å². The summed E-state index contributed by atoms with van der Waals surface area (Å²) in [7, 11) is 2.02. The van der Waals surface area contributed by atoms with Crippen molar-refractivity contribution in [1.29, 1.82) is 0 Å². The number of nitrogens with one attached hydrogen (secondary N) is 1. The zero-order valence-corrected chi connectivity index (χ0v) is 14.3. The Bertz CT molecular complexity index is 359. The number of aliphatic hydroxyl groups is 1. The molecule has 0 saturated carbocycles. The maximum atomic E-state index is 9.35. The van der Waals surface area contributed by atoms with E-state index in [2.05, 4.69) is 44.8 Å². The molecule has 124 valence electrons. The normalized spacial score (nSPS) is 39.6. The second kappa shape index (κ2) is 6.13. The first-order chi connectivity index (χ1) is 9.71. The molecule has 2 aliphatic heterocycles. The average Bonchev–Trinajstić information content (AvgIpc) is 2.56. The molecule has 0 radical (unpaired) electrons. The molecule has 2 heterocycles. The minimum absolute atomic E-state index is 0.0623. The van der Waals surface area contributed by atoms with Gasteiger partial charge in [-0.3, -0.25) is 4.90 Å². The molecule has 0 bridgehead atoms. The molecular formula is C16H32N2O3. The second-order valence-electron chi connectivity index (χ2n) is 7.62. The molecule has 5 nitrogen and oxygen atoms in total. The van der Waals surface area contributed by atoms with Crippen LogP contribution in [0.25, 0.3) is 0 Å². The van der Waals surface area contributed by atoms with E-state index in [1.807, 2.05) is 7.05 Å². The molecule has 2 fully saturated rings. The lowest BCUT2D eigenvalue weighted by Gasteiger charge is -2.41. The van der Waals surface area contributed by atoms with Gasteiger partial charge in [-0.15, -0.1) is 0 Å². The van der Waals surface area contributed by atoms with Crippen LogP contribution in [0.2, 0.25) is 0 Å². The molecule has 0 aromatic rings. The Hall–Kier alpha value is -0.200. The van der Waals surface area contributed by atoms with E-state index in [1.165, 1.54) is 0 Å². The van der Waals surface area contributed by atoms with Crippen LogP contribution in [-0.2, 0) is 9.47 Å². The van der Waals surface area contributed by atoms with Crippen LogP contribution in [0.5, 0.6) is 0 Å². The van der Waals surface area contributed by atoms with Gasteiger partial charge in [0.15, 0.2) is 0 Å². The molecule has 2 saturated heterocycles. The highest BCUT2D eigenvalue weighted by Crippen LogP contribution is 2.42. The largest absolute Gasteiger partial charge is 0.394 e. The third-order valence-electron chi connectivity index (χ3n) is 5.15. The number of ether oxygens (including phenoxy) is 2. The number of likely N-dealkylation sites (N-methyl/N-ethyl adjacent to an activating group) is 1. The summed E-state index contributed by atoms with van der Waals surface area (Å²) < 4.78 is 12.0. The van der Waals surface area contributed by atoms with Gasteiger partial charge in [0.25, 0.3) is 0 Å². The Balaban J connectivity index is 2.12. The molecule has 2 rings (SSSR count). The first-order valence-electron chi connectivity index (χ1n) is 8.05. The number of hydrogen-bond donors (Lipinski definition) is 2. The first kappa shape index (κ1) is 17.2. The van der Waals surface area contributed by atoms with E-state index in [0.717, 1.165) is 13.1 Å². The Labute approximate surface area is 129 Å². The number of aliphatic hydroxyl groups excluding tert-OH is 1. The monoisotopic (exact) mass is 300 g/mol. The van der Waals surface area contributed by atoms with Crippen LogP contribution < -0.4 is 5.32 Å². The van der Waals surface area contributed by atoms with E-state index in [-0.39, 0.29) is 23.9 Å². The number of morpholine rings is 1. The van der Waals surface area contributed by atoms with Gasteiger partial charge in [0, 0.05) is 31.1 Å². The highest BCUT2D eigenvalue weighted by molar-refractivity contribution is 5.06. The Kier molecular flexibility index (Phi) is 5.01. The maximum Gasteiger partial charge on any atom is 0.0933 e. The van der Waals surface area contributed by atoms with Crippen LogP contribution in [0, 0.1) is 5.92 Å². The molecule has 2 N–H and O–H groups in total. The molecule has 2 aliphatic rings. The first-order valence-corrected chi connectivity index (χ1v) is 8.05. The van der Waals surface area contributed by atoms with Crippen molar-refractivity contribution in [3.63, 3.8) is 0 Å². The highest BCUT2D eigenvalue weighted by atomic mass is 16.5. The lowest BCUT2D eigenvalue weighted by Crippen LogP contribution is -2.55. The molecule has 0 amide bonds. The van der Waals surface area contributed by atoms with Crippen molar-refractivity contribution < 1.29 is 14.6 Å². The van der Waals surface area contributed by atoms with Gasteiger partial charge in [-0.05, 0) is 41.7 Å². The number of hydrogen-bond acceptors (Lipinski definition) is 5. The molecule has 4 atom stereocenters. The van der Waals surface area contributed by atoms with Gasteiger partial charge in [-0.25, -0.2) is 0 Å². The molecule has 0 aliphatic carbocycles. The molecule has 0 aromatic heterocycles. The van der Waals surface area contributed by atoms with E-state index in [1.54, 1.807) is 0 Å². The zero-order valence-electron chi connectivity index (χ0n) is 14.3. The van der Waals surface area contributed by atoms with Gasteiger partial charge in [0.1, 0.15) is 0 Å². The fourth-order valence-electron chi connectivity index (χ4n) is 4.07. The Morgan fingerprint density at radius 1 is 1.24 bits per heavy atom. The van der Waals surface area contributed by atoms with Gasteiger partial charge >= 0.3 is 0 Å². The predicted molar refractivity (Wildman–Crippen MR) is 83.4 cm³/mol. The second-order valence-corrected chi connectivity index (χ2v) is 7.62. The smallest absolute Gasteiger partial charge is 0.0933 e. The third kappa shape index (κ3) is 3.42. The van der Waals surface area contributed by atoms with Crippen molar-refractivity contribution in [3.05, 3.63) is 0 Å². The summed E-state index contributed by atoms with van der Waals surface area (Å²) in [6.07, 6.45) is -0.0623. The van der Waals surface area contributed by atoms with Gasteiger partial charge in [0.05, 0.1) is 30.5 Å². The SMILES string of the molecule is CNC1C(CN2CC(CO)OCC2C)C(C)(C)OC1(C)C. The van der Waals surface area contributed by atoms with Crippen molar-refractivity contribution in [2.24, 2.45) is 5.92 Å². The minimum Gasteiger partial charge on any atom is -0.394 e. The third-order valence-corrected chi connectivity index (χ3v) is 5.15. The summed E-state index contributed by atoms with van der Waals surface area (Å²) in [6, 6.07) is 0.694. The van der Waals surface area contributed by atoms with Crippen LogP contribution >= 0.6 is 0 Å². The summed E-state index contributed by atoms with van der Waals surface area (Å²) in [5, 5.41) is 12.8. The number of nitrogens with zero attached hydrogens (tertiary/aromatic N) is 1. The van der Waals surface area contributed by atoms with Crippen molar-refractivity contribution >= 4 is 0 Å². The lowest BCUT2D eigenvalue weighted by molar-refractivity contribution is -0.0981. The maximum absolute atomic E-state index is 9.35. The molecule has 5 heteroatoms. The van der Waals surface area contributed by atoms with Gasteiger partial charge in [-0.1, -0.05) is 0 Å². The van der Waals surface area contributed by atoms with E-state index in [4.69, 9.17) is 9.47 Å². The van der Waals surface area contributed by atoms with E-state index in [9.17, 15) is 5.11 Å². The van der Waals surface area contributed by atoms with E-state index in [0.29, 0.717) is 24.6 Å². The molecule has 21 heavy (non-hydrogen) atoms. The van der Waals surface area contributed by atoms with Gasteiger partial charge < -0.3 is 19.9 Å². The van der Waals surface area contributed by atoms with E-state index < -0.39 is 0 Å². The highest BCUT2D eigenvalue weighted by Gasteiger charge is 2.53. The molecular weight excluding hydrogens is 268 g/mol. The summed E-state index contributed by atoms with van der Waals surface area (Å²) >= 11 is 0. The molecule has 0 aromatic carbocycles. The summed E-state index contributed by atoms with van der Waals surface area (Å²) in [5.41, 5.74) is -0.335. The average molecular weight is 300 g/mol. The fourth-order valence-corrected chi connectivity index (χ4v) is 4.07. The van der Waals surface area contributed by atoms with Crippen molar-refractivity contribution in [3.8, 4) is 0 Å². The summed E-state index contributed by atoms with van der Waals surface area (Å²) in [5.74, 6) is 0.400. The van der Waals surface area contributed by atoms with Crippen LogP contribution in [0.1, 0.15) is 34.6 Å². The van der Waals surface area contributed by atoms with Crippen LogP contribution in [0.15, 0.2) is 0 Å². The van der Waals surface area contributed by atoms with Crippen LogP contribution in [0.4, 0.5) is 0 Å². The van der Waals surface area contributed by atoms with Crippen molar-refractivity contribution in [2.75, 3.05) is 33.4 Å². The Morgan fingerprint density at radius 3 is 2.48 bits per heavy atom. The summed E-state index contributed by atoms with van der Waals surface area (Å²) in [4.78, 5) is 2.44. The molecule has 0 spiro atoms. The lowest BCUT2D eigenvalue weighted by atomic mass is 9.82. The van der Waals surface area contributed by atoms with Crippen LogP contribution in [-0.4, -0.2) is 72.7 Å². The quantitative estimate of drug-likeness (QED) is 0.806. The topological polar surface area (TPSA) is 54.0 Å². The van der Waals surface area contributed by atoms with E-state index >= 15 is 0 Å². The minimum atomic E-state index is -0.172. The zero-order chi connectivity index (χ0) is 15.8. The van der Waals surface area contributed by atoms with Crippen LogP contribution in [0.3, 0.4) is 0 Å². The fraction of sp³-hybridized carbons (Fsp3) is 1.00. The standard InChI is InChI=1S/C16H32N2O3/c1-11-10-20-12(9-19)7-18(11)8-13-14(17-6)16(4,5)21-15(13,2)3/h11-14,17,19H,7-10H2,1-6H3. The number of rotatable bonds is 4. The van der Waals surface area contributed by atoms with Crippen molar-refractivity contribution in [1.82, 2.24) is 10.2 Å².